The fourth-order valence-corrected chi connectivity index (χ4v) is 3.27. The Morgan fingerprint density at radius 2 is 1.74 bits per heavy atom. The molecule has 0 aliphatic heterocycles. The highest BCUT2D eigenvalue weighted by Gasteiger charge is 2.12. The molecule has 0 spiro atoms. The van der Waals surface area contributed by atoms with E-state index in [1.54, 1.807) is 54.9 Å². The number of pyridine rings is 1. The number of aryl methyl sites for hydroxylation is 1. The highest BCUT2D eigenvalue weighted by Crippen LogP contribution is 2.16. The van der Waals surface area contributed by atoms with Crippen molar-refractivity contribution in [3.8, 4) is 0 Å². The molecule has 1 unspecified atom stereocenters. The third-order valence-electron chi connectivity index (χ3n) is 3.99. The molecule has 27 heavy (non-hydrogen) atoms. The predicted molar refractivity (Wildman–Crippen MR) is 107 cm³/mol. The van der Waals surface area contributed by atoms with Crippen molar-refractivity contribution in [3.63, 3.8) is 0 Å². The van der Waals surface area contributed by atoms with Crippen LogP contribution in [0, 0.1) is 6.92 Å². The Labute approximate surface area is 161 Å². The summed E-state index contributed by atoms with van der Waals surface area (Å²) in [4.78, 5) is 30.0. The van der Waals surface area contributed by atoms with Gasteiger partial charge in [0.2, 0.25) is 0 Å². The number of nitrogens with one attached hydrogen (secondary N) is 2. The lowest BCUT2D eigenvalue weighted by Crippen LogP contribution is -2.31. The second kappa shape index (κ2) is 8.57. The Kier molecular flexibility index (Phi) is 5.95. The lowest BCUT2D eigenvalue weighted by Gasteiger charge is -2.13. The number of anilines is 1. The van der Waals surface area contributed by atoms with Crippen LogP contribution in [0.4, 0.5) is 5.69 Å². The van der Waals surface area contributed by atoms with Gasteiger partial charge in [-0.25, -0.2) is 0 Å². The van der Waals surface area contributed by atoms with Gasteiger partial charge in [-0.05, 0) is 48.9 Å². The van der Waals surface area contributed by atoms with E-state index < -0.39 is 0 Å². The quantitative estimate of drug-likeness (QED) is 0.612. The number of carbonyl (C=O) groups is 2. The average molecular weight is 380 g/mol. The summed E-state index contributed by atoms with van der Waals surface area (Å²) in [6.07, 6.45) is 3.23. The second-order valence-electron chi connectivity index (χ2n) is 6.04. The number of nitrogens with zero attached hydrogens (tertiary/aromatic N) is 1. The van der Waals surface area contributed by atoms with Crippen molar-refractivity contribution in [2.24, 2.45) is 5.73 Å². The normalized spacial score (nSPS) is 11.6. The van der Waals surface area contributed by atoms with E-state index in [0.717, 1.165) is 10.4 Å². The molecule has 3 aromatic rings. The summed E-state index contributed by atoms with van der Waals surface area (Å²) >= 11 is 1.45. The number of benzene rings is 1. The van der Waals surface area contributed by atoms with E-state index in [1.165, 1.54) is 11.3 Å². The first kappa shape index (κ1) is 18.8. The number of nitrogens with two attached hydrogens (primary N) is 1. The van der Waals surface area contributed by atoms with Gasteiger partial charge >= 0.3 is 0 Å². The van der Waals surface area contributed by atoms with Gasteiger partial charge in [-0.15, -0.1) is 11.3 Å². The molecular formula is C20H20N4O2S. The lowest BCUT2D eigenvalue weighted by atomic mass is 10.0. The molecule has 7 heteroatoms. The Morgan fingerprint density at radius 1 is 1.04 bits per heavy atom. The summed E-state index contributed by atoms with van der Waals surface area (Å²) in [5.41, 5.74) is 8.21. The lowest BCUT2D eigenvalue weighted by molar-refractivity contribution is 0.0954. The number of aromatic nitrogens is 1. The molecule has 0 aliphatic carbocycles. The summed E-state index contributed by atoms with van der Waals surface area (Å²) in [7, 11) is 0. The number of rotatable bonds is 6. The third-order valence-corrected chi connectivity index (χ3v) is 4.99. The summed E-state index contributed by atoms with van der Waals surface area (Å²) in [5, 5.41) is 5.64. The van der Waals surface area contributed by atoms with Gasteiger partial charge in [0.15, 0.2) is 0 Å². The Hall–Kier alpha value is -3.03. The van der Waals surface area contributed by atoms with E-state index in [0.29, 0.717) is 22.7 Å². The summed E-state index contributed by atoms with van der Waals surface area (Å²) < 4.78 is 0. The molecule has 138 valence electrons. The minimum absolute atomic E-state index is 0.128. The fraction of sp³-hybridized carbons (Fsp3) is 0.150. The molecular weight excluding hydrogens is 360 g/mol. The maximum Gasteiger partial charge on any atom is 0.261 e. The maximum absolute atomic E-state index is 12.3. The van der Waals surface area contributed by atoms with Crippen LogP contribution in [0.25, 0.3) is 0 Å². The van der Waals surface area contributed by atoms with Crippen molar-refractivity contribution in [3.05, 3.63) is 81.8 Å². The number of hydrogen-bond acceptors (Lipinski definition) is 5. The van der Waals surface area contributed by atoms with Gasteiger partial charge in [-0.3, -0.25) is 14.6 Å². The zero-order valence-corrected chi connectivity index (χ0v) is 15.6. The fourth-order valence-electron chi connectivity index (χ4n) is 2.48. The molecule has 6 nitrogen and oxygen atoms in total. The van der Waals surface area contributed by atoms with Crippen LogP contribution >= 0.6 is 11.3 Å². The molecule has 0 aliphatic rings. The van der Waals surface area contributed by atoms with Crippen LogP contribution in [-0.4, -0.2) is 23.3 Å². The van der Waals surface area contributed by atoms with Gasteiger partial charge in [-0.2, -0.15) is 0 Å². The summed E-state index contributed by atoms with van der Waals surface area (Å²) in [6.45, 7) is 2.28. The van der Waals surface area contributed by atoms with Crippen LogP contribution < -0.4 is 16.4 Å². The van der Waals surface area contributed by atoms with Crippen molar-refractivity contribution >= 4 is 28.8 Å². The number of carbonyl (C=O) groups excluding carboxylic acids is 2. The minimum Gasteiger partial charge on any atom is -0.349 e. The predicted octanol–water partition coefficient (Wildman–Crippen LogP) is 3.13. The monoisotopic (exact) mass is 380 g/mol. The van der Waals surface area contributed by atoms with Crippen molar-refractivity contribution in [2.75, 3.05) is 11.9 Å². The van der Waals surface area contributed by atoms with Gasteiger partial charge in [0.25, 0.3) is 11.8 Å². The van der Waals surface area contributed by atoms with E-state index in [4.69, 9.17) is 5.73 Å². The van der Waals surface area contributed by atoms with Crippen LogP contribution in [0.15, 0.2) is 60.9 Å². The number of hydrogen-bond donors (Lipinski definition) is 3. The first-order valence-corrected chi connectivity index (χ1v) is 9.26. The number of thiophene rings is 1. The number of amides is 2. The molecule has 0 fully saturated rings. The molecule has 1 atom stereocenters. The average Bonchev–Trinajstić information content (AvgIpc) is 3.13. The van der Waals surface area contributed by atoms with E-state index >= 15 is 0 Å². The SMILES string of the molecule is Cc1ccc(C(=O)NCC(N)c2ccc(C(=O)Nc3ccncc3)cc2)s1. The molecule has 2 heterocycles. The van der Waals surface area contributed by atoms with E-state index in [9.17, 15) is 9.59 Å². The standard InChI is InChI=1S/C20H20N4O2S/c1-13-2-7-18(27-13)20(26)23-12-17(21)14-3-5-15(6-4-14)19(25)24-16-8-10-22-11-9-16/h2-11,17H,12,21H2,1H3,(H,23,26)(H,22,24,25). The minimum atomic E-state index is -0.354. The molecule has 0 radical (unpaired) electrons. The Bertz CT molecular complexity index is 923. The Morgan fingerprint density at radius 3 is 2.37 bits per heavy atom. The highest BCUT2D eigenvalue weighted by atomic mass is 32.1. The van der Waals surface area contributed by atoms with Crippen LogP contribution in [-0.2, 0) is 0 Å². The van der Waals surface area contributed by atoms with Crippen LogP contribution in [0.3, 0.4) is 0 Å². The van der Waals surface area contributed by atoms with E-state index in [1.807, 2.05) is 13.0 Å². The zero-order chi connectivity index (χ0) is 19.2. The molecule has 0 bridgehead atoms. The summed E-state index contributed by atoms with van der Waals surface area (Å²) in [6, 6.07) is 13.8. The molecule has 2 amide bonds. The van der Waals surface area contributed by atoms with Gasteiger partial charge in [0.1, 0.15) is 0 Å². The molecule has 4 N–H and O–H groups in total. The van der Waals surface area contributed by atoms with E-state index in [-0.39, 0.29) is 17.9 Å². The second-order valence-corrected chi connectivity index (χ2v) is 7.33. The van der Waals surface area contributed by atoms with Crippen LogP contribution in [0.5, 0.6) is 0 Å². The van der Waals surface area contributed by atoms with Crippen molar-refractivity contribution in [2.45, 2.75) is 13.0 Å². The van der Waals surface area contributed by atoms with Crippen LogP contribution in [0.2, 0.25) is 0 Å². The molecule has 1 aromatic carbocycles. The van der Waals surface area contributed by atoms with E-state index in [2.05, 4.69) is 15.6 Å². The van der Waals surface area contributed by atoms with Gasteiger partial charge < -0.3 is 16.4 Å². The van der Waals surface area contributed by atoms with Gasteiger partial charge in [-0.1, -0.05) is 12.1 Å². The molecule has 2 aromatic heterocycles. The first-order chi connectivity index (χ1) is 13.0. The van der Waals surface area contributed by atoms with Crippen molar-refractivity contribution in [1.82, 2.24) is 10.3 Å². The maximum atomic E-state index is 12.3. The van der Waals surface area contributed by atoms with Crippen LogP contribution in [0.1, 0.15) is 36.5 Å². The molecule has 3 rings (SSSR count). The van der Waals surface area contributed by atoms with Crippen molar-refractivity contribution in [1.29, 1.82) is 0 Å². The van der Waals surface area contributed by atoms with Crippen molar-refractivity contribution < 1.29 is 9.59 Å². The zero-order valence-electron chi connectivity index (χ0n) is 14.8. The third kappa shape index (κ3) is 4.99. The largest absolute Gasteiger partial charge is 0.349 e. The van der Waals surface area contributed by atoms with Gasteiger partial charge in [0, 0.05) is 41.1 Å². The highest BCUT2D eigenvalue weighted by molar-refractivity contribution is 7.13. The topological polar surface area (TPSA) is 97.1 Å². The first-order valence-electron chi connectivity index (χ1n) is 8.44. The smallest absolute Gasteiger partial charge is 0.261 e. The van der Waals surface area contributed by atoms with Gasteiger partial charge in [0.05, 0.1) is 4.88 Å². The summed E-state index contributed by atoms with van der Waals surface area (Å²) in [5.74, 6) is -0.334. The molecule has 0 saturated carbocycles. The molecule has 0 saturated heterocycles. The Balaban J connectivity index is 1.56.